The molecule has 0 radical (unpaired) electrons. The van der Waals surface area contributed by atoms with Gasteiger partial charge in [0.1, 0.15) is 5.75 Å². The first-order valence-corrected chi connectivity index (χ1v) is 10.4. The highest BCUT2D eigenvalue weighted by Gasteiger charge is 2.27. The Morgan fingerprint density at radius 3 is 2.30 bits per heavy atom. The summed E-state index contributed by atoms with van der Waals surface area (Å²) in [6, 6.07) is 8.06. The molecule has 2 aliphatic rings. The highest BCUT2D eigenvalue weighted by Crippen LogP contribution is 2.37. The lowest BCUT2D eigenvalue weighted by Crippen LogP contribution is -2.23. The standard InChI is InChI=1S/C22H32N6O2/c1-13(2)18-20-19(27-26-18)21(23-12-16-7-9-17(30-6)10-8-16)25-22(24-11-15(5)29)28(20)14(3)4/h7-10,13-15,23,29H,11-12H2,1-6H3,(H,24,25). The van der Waals surface area contributed by atoms with Crippen molar-refractivity contribution in [2.24, 2.45) is 0 Å². The van der Waals surface area contributed by atoms with Crippen molar-refractivity contribution in [3.63, 3.8) is 0 Å². The van der Waals surface area contributed by atoms with E-state index in [1.165, 1.54) is 0 Å². The lowest BCUT2D eigenvalue weighted by molar-refractivity contribution is 0.208. The predicted molar refractivity (Wildman–Crippen MR) is 119 cm³/mol. The topological polar surface area (TPSA) is 97.1 Å². The number of aliphatic hydroxyl groups is 1. The smallest absolute Gasteiger partial charge is 0.205 e. The second-order valence-electron chi connectivity index (χ2n) is 8.12. The number of anilines is 2. The number of ether oxygens (including phenoxy) is 1. The molecule has 0 saturated carbocycles. The van der Waals surface area contributed by atoms with E-state index < -0.39 is 6.10 Å². The van der Waals surface area contributed by atoms with Gasteiger partial charge >= 0.3 is 0 Å². The van der Waals surface area contributed by atoms with Crippen LogP contribution < -0.4 is 15.4 Å². The highest BCUT2D eigenvalue weighted by molar-refractivity contribution is 5.74. The van der Waals surface area contributed by atoms with Crippen LogP contribution in [0.15, 0.2) is 24.3 Å². The van der Waals surface area contributed by atoms with Gasteiger partial charge in [-0.1, -0.05) is 26.0 Å². The normalized spacial score (nSPS) is 12.6. The third kappa shape index (κ3) is 4.64. The van der Waals surface area contributed by atoms with Crippen molar-refractivity contribution >= 4 is 11.8 Å². The van der Waals surface area contributed by atoms with Crippen LogP contribution >= 0.6 is 0 Å². The van der Waals surface area contributed by atoms with Crippen LogP contribution in [0, 0.1) is 0 Å². The Morgan fingerprint density at radius 1 is 1.03 bits per heavy atom. The van der Waals surface area contributed by atoms with Crippen LogP contribution in [0.2, 0.25) is 0 Å². The number of hydrogen-bond donors (Lipinski definition) is 3. The summed E-state index contributed by atoms with van der Waals surface area (Å²) >= 11 is 0. The monoisotopic (exact) mass is 412 g/mol. The number of rotatable bonds is 9. The maximum absolute atomic E-state index is 9.77. The van der Waals surface area contributed by atoms with Gasteiger partial charge < -0.3 is 25.0 Å². The molecule has 1 unspecified atom stereocenters. The van der Waals surface area contributed by atoms with Gasteiger partial charge in [0, 0.05) is 19.1 Å². The molecular weight excluding hydrogens is 380 g/mol. The minimum absolute atomic E-state index is 0.149. The maximum atomic E-state index is 9.77. The molecule has 162 valence electrons. The molecule has 1 atom stereocenters. The Hall–Kier alpha value is -2.87. The first-order valence-electron chi connectivity index (χ1n) is 10.4. The number of fused-ring (bicyclic) bond motifs is 1. The molecular formula is C22H32N6O2. The molecule has 0 fully saturated rings. The number of methoxy groups -OCH3 is 1. The van der Waals surface area contributed by atoms with Crippen molar-refractivity contribution in [3.8, 4) is 17.1 Å². The average Bonchev–Trinajstić information content (AvgIpc) is 3.15. The minimum atomic E-state index is -0.487. The lowest BCUT2D eigenvalue weighted by Gasteiger charge is -2.24. The molecule has 0 spiro atoms. The van der Waals surface area contributed by atoms with Crippen LogP contribution in [0.1, 0.15) is 57.8 Å². The highest BCUT2D eigenvalue weighted by atomic mass is 16.5. The fourth-order valence-electron chi connectivity index (χ4n) is 3.34. The Kier molecular flexibility index (Phi) is 6.77. The largest absolute Gasteiger partial charge is 0.497 e. The fraction of sp³-hybridized carbons (Fsp3) is 0.500. The third-order valence-corrected chi connectivity index (χ3v) is 4.87. The van der Waals surface area contributed by atoms with Gasteiger partial charge in [-0.05, 0) is 44.4 Å². The van der Waals surface area contributed by atoms with Crippen molar-refractivity contribution in [3.05, 3.63) is 35.5 Å². The van der Waals surface area contributed by atoms with Gasteiger partial charge in [0.15, 0.2) is 11.5 Å². The molecule has 2 aliphatic heterocycles. The van der Waals surface area contributed by atoms with Crippen LogP contribution in [-0.2, 0) is 6.54 Å². The van der Waals surface area contributed by atoms with Crippen molar-refractivity contribution in [2.45, 2.75) is 59.2 Å². The van der Waals surface area contributed by atoms with E-state index in [9.17, 15) is 5.11 Å². The van der Waals surface area contributed by atoms with Crippen molar-refractivity contribution in [1.82, 2.24) is 19.7 Å². The quantitative estimate of drug-likeness (QED) is 0.490. The molecule has 30 heavy (non-hydrogen) atoms. The van der Waals surface area contributed by atoms with Crippen molar-refractivity contribution in [2.75, 3.05) is 24.3 Å². The molecule has 8 nitrogen and oxygen atoms in total. The second kappa shape index (κ2) is 9.30. The fourth-order valence-corrected chi connectivity index (χ4v) is 3.34. The number of benzene rings is 1. The lowest BCUT2D eigenvalue weighted by atomic mass is 10.1. The molecule has 2 heterocycles. The summed E-state index contributed by atoms with van der Waals surface area (Å²) in [4.78, 5) is 4.82. The van der Waals surface area contributed by atoms with E-state index >= 15 is 0 Å². The summed E-state index contributed by atoms with van der Waals surface area (Å²) in [6.45, 7) is 11.2. The predicted octanol–water partition coefficient (Wildman–Crippen LogP) is 3.90. The van der Waals surface area contributed by atoms with E-state index in [0.29, 0.717) is 24.9 Å². The molecule has 0 aromatic heterocycles. The van der Waals surface area contributed by atoms with E-state index in [2.05, 4.69) is 53.1 Å². The van der Waals surface area contributed by atoms with Crippen LogP contribution in [0.4, 0.5) is 11.8 Å². The Labute approximate surface area is 178 Å². The van der Waals surface area contributed by atoms with E-state index in [-0.39, 0.29) is 12.0 Å². The molecule has 0 amide bonds. The first kappa shape index (κ1) is 21.8. The van der Waals surface area contributed by atoms with Crippen molar-refractivity contribution in [1.29, 1.82) is 0 Å². The molecule has 3 rings (SSSR count). The van der Waals surface area contributed by atoms with Gasteiger partial charge in [-0.3, -0.25) is 0 Å². The summed E-state index contributed by atoms with van der Waals surface area (Å²) < 4.78 is 7.35. The van der Waals surface area contributed by atoms with Crippen LogP contribution in [0.25, 0.3) is 11.4 Å². The summed E-state index contributed by atoms with van der Waals surface area (Å²) in [6.07, 6.45) is -0.487. The number of aromatic nitrogens is 4. The van der Waals surface area contributed by atoms with Gasteiger partial charge in [-0.2, -0.15) is 10.1 Å². The SMILES string of the molecule is COc1ccc(CNc2nc(NCC(C)O)n(C(C)C)c3c(C(C)C)nnc2-3)cc1. The Balaban J connectivity index is 2.01. The Morgan fingerprint density at radius 2 is 1.73 bits per heavy atom. The molecule has 1 aromatic carbocycles. The molecule has 0 saturated heterocycles. The minimum Gasteiger partial charge on any atom is -0.497 e. The number of aliphatic hydroxyl groups excluding tert-OH is 1. The number of nitrogens with one attached hydrogen (secondary N) is 2. The molecule has 0 bridgehead atoms. The van der Waals surface area contributed by atoms with E-state index in [0.717, 1.165) is 28.4 Å². The van der Waals surface area contributed by atoms with Gasteiger partial charge in [0.2, 0.25) is 5.95 Å². The molecule has 1 aromatic rings. The Bertz CT molecular complexity index is 934. The zero-order valence-corrected chi connectivity index (χ0v) is 18.6. The van der Waals surface area contributed by atoms with Gasteiger partial charge in [-0.15, -0.1) is 5.10 Å². The summed E-state index contributed by atoms with van der Waals surface area (Å²) in [7, 11) is 1.66. The van der Waals surface area contributed by atoms with Crippen LogP contribution in [0.3, 0.4) is 0 Å². The second-order valence-corrected chi connectivity index (χ2v) is 8.12. The molecule has 3 N–H and O–H groups in total. The number of nitrogens with zero attached hydrogens (tertiary/aromatic N) is 4. The van der Waals surface area contributed by atoms with Gasteiger partial charge in [-0.25, -0.2) is 0 Å². The molecule has 8 heteroatoms. The maximum Gasteiger partial charge on any atom is 0.205 e. The van der Waals surface area contributed by atoms with E-state index in [1.807, 2.05) is 24.3 Å². The van der Waals surface area contributed by atoms with E-state index in [1.54, 1.807) is 14.0 Å². The summed E-state index contributed by atoms with van der Waals surface area (Å²) in [5, 5.41) is 25.4. The van der Waals surface area contributed by atoms with E-state index in [4.69, 9.17) is 9.72 Å². The average molecular weight is 413 g/mol. The molecule has 0 aliphatic carbocycles. The van der Waals surface area contributed by atoms with Crippen LogP contribution in [0.5, 0.6) is 5.75 Å². The first-order chi connectivity index (χ1) is 14.3. The zero-order valence-electron chi connectivity index (χ0n) is 18.6. The zero-order chi connectivity index (χ0) is 21.8. The number of hydrogen-bond acceptors (Lipinski definition) is 7. The summed E-state index contributed by atoms with van der Waals surface area (Å²) in [5.41, 5.74) is 3.77. The van der Waals surface area contributed by atoms with Crippen LogP contribution in [-0.4, -0.2) is 44.6 Å². The summed E-state index contributed by atoms with van der Waals surface area (Å²) in [5.74, 6) is 2.41. The van der Waals surface area contributed by atoms with Crippen molar-refractivity contribution < 1.29 is 9.84 Å². The van der Waals surface area contributed by atoms with Gasteiger partial charge in [0.25, 0.3) is 0 Å². The third-order valence-electron chi connectivity index (χ3n) is 4.87. The van der Waals surface area contributed by atoms with Gasteiger partial charge in [0.05, 0.1) is 24.6 Å².